The van der Waals surface area contributed by atoms with Gasteiger partial charge in [-0.25, -0.2) is 0 Å². The average molecular weight is 319 g/mol. The Balaban J connectivity index is 2.06. The van der Waals surface area contributed by atoms with Crippen LogP contribution < -0.4 is 11.3 Å². The van der Waals surface area contributed by atoms with Gasteiger partial charge in [0, 0.05) is 29.8 Å². The number of pyridine rings is 1. The fourth-order valence-electron chi connectivity index (χ4n) is 3.46. The molecule has 2 N–H and O–H groups in total. The molecule has 2 aromatic heterocycles. The predicted molar refractivity (Wildman–Crippen MR) is 95.5 cm³/mol. The summed E-state index contributed by atoms with van der Waals surface area (Å²) < 4.78 is 3.85. The Kier molecular flexibility index (Phi) is 3.16. The first kappa shape index (κ1) is 14.5. The molecule has 0 saturated heterocycles. The van der Waals surface area contributed by atoms with E-state index in [4.69, 9.17) is 5.73 Å². The molecular formula is C19H17N3O2. The number of nitrogens with zero attached hydrogens (tertiary/aromatic N) is 2. The third-order valence-electron chi connectivity index (χ3n) is 4.68. The highest BCUT2D eigenvalue weighted by Crippen LogP contribution is 2.30. The summed E-state index contributed by atoms with van der Waals surface area (Å²) in [4.78, 5) is 23.9. The molecule has 120 valence electrons. The van der Waals surface area contributed by atoms with Gasteiger partial charge in [0.25, 0.3) is 5.56 Å². The number of amides is 1. The third-order valence-corrected chi connectivity index (χ3v) is 4.68. The van der Waals surface area contributed by atoms with Crippen molar-refractivity contribution in [3.63, 3.8) is 0 Å². The van der Waals surface area contributed by atoms with Crippen LogP contribution in [0.25, 0.3) is 27.6 Å². The number of carbonyl (C=O) groups excluding carboxylic acids is 1. The van der Waals surface area contributed by atoms with Crippen molar-refractivity contribution >= 4 is 33.5 Å². The number of hydrogen-bond donors (Lipinski definition) is 1. The number of hydrogen-bond acceptors (Lipinski definition) is 2. The molecule has 4 rings (SSSR count). The normalized spacial score (nSPS) is 14.7. The van der Waals surface area contributed by atoms with Gasteiger partial charge in [0.15, 0.2) is 0 Å². The highest BCUT2D eigenvalue weighted by Gasteiger charge is 2.18. The molecule has 0 spiro atoms. The van der Waals surface area contributed by atoms with E-state index in [2.05, 4.69) is 4.57 Å². The summed E-state index contributed by atoms with van der Waals surface area (Å²) in [5, 5.41) is 1.04. The summed E-state index contributed by atoms with van der Waals surface area (Å²) in [6.45, 7) is 0. The molecular weight excluding hydrogens is 302 g/mol. The first-order valence-electron chi connectivity index (χ1n) is 7.87. The Hall–Kier alpha value is -3.08. The second-order valence-corrected chi connectivity index (χ2v) is 6.03. The molecule has 24 heavy (non-hydrogen) atoms. The van der Waals surface area contributed by atoms with Crippen molar-refractivity contribution < 1.29 is 4.79 Å². The van der Waals surface area contributed by atoms with Crippen LogP contribution in [0.3, 0.4) is 0 Å². The Morgan fingerprint density at radius 3 is 2.54 bits per heavy atom. The molecule has 1 aliphatic rings. The average Bonchev–Trinajstić information content (AvgIpc) is 2.88. The molecule has 1 amide bonds. The van der Waals surface area contributed by atoms with Gasteiger partial charge < -0.3 is 10.3 Å². The molecule has 0 radical (unpaired) electrons. The summed E-state index contributed by atoms with van der Waals surface area (Å²) >= 11 is 0. The second-order valence-electron chi connectivity index (χ2n) is 6.03. The number of benzene rings is 1. The van der Waals surface area contributed by atoms with Crippen LogP contribution in [0.1, 0.15) is 12.8 Å². The number of para-hydroxylation sites is 1. The van der Waals surface area contributed by atoms with E-state index in [0.717, 1.165) is 27.6 Å². The largest absolute Gasteiger partial charge is 0.366 e. The van der Waals surface area contributed by atoms with E-state index < -0.39 is 5.91 Å². The summed E-state index contributed by atoms with van der Waals surface area (Å²) in [6, 6.07) is 11.5. The van der Waals surface area contributed by atoms with Crippen molar-refractivity contribution in [2.75, 3.05) is 0 Å². The molecule has 2 heterocycles. The SMILES string of the molecule is Cn1c2ccccc2c2c1ccc(=O)n2C1=CC=C(C(N)=O)CC1. The molecule has 0 aliphatic heterocycles. The van der Waals surface area contributed by atoms with Crippen LogP contribution in [0.2, 0.25) is 0 Å². The van der Waals surface area contributed by atoms with Gasteiger partial charge in [-0.1, -0.05) is 24.3 Å². The van der Waals surface area contributed by atoms with Crippen LogP contribution in [-0.4, -0.2) is 15.0 Å². The molecule has 5 nitrogen and oxygen atoms in total. The van der Waals surface area contributed by atoms with E-state index in [9.17, 15) is 9.59 Å². The predicted octanol–water partition coefficient (Wildman–Crippen LogP) is 2.54. The van der Waals surface area contributed by atoms with E-state index >= 15 is 0 Å². The Morgan fingerprint density at radius 1 is 1.04 bits per heavy atom. The topological polar surface area (TPSA) is 70.0 Å². The lowest BCUT2D eigenvalue weighted by Crippen LogP contribution is -2.21. The van der Waals surface area contributed by atoms with Gasteiger partial charge in [-0.2, -0.15) is 0 Å². The van der Waals surface area contributed by atoms with E-state index in [0.29, 0.717) is 18.4 Å². The van der Waals surface area contributed by atoms with Crippen molar-refractivity contribution in [3.8, 4) is 0 Å². The van der Waals surface area contributed by atoms with Gasteiger partial charge in [-0.3, -0.25) is 14.2 Å². The maximum atomic E-state index is 12.6. The standard InChI is InChI=1S/C19H17N3O2/c1-21-15-5-3-2-4-14(15)18-16(21)10-11-17(23)22(18)13-8-6-12(7-9-13)19(20)24/h2-6,8,10-11H,7,9H2,1H3,(H2,20,24). The maximum absolute atomic E-state index is 12.6. The minimum atomic E-state index is -0.402. The smallest absolute Gasteiger partial charge is 0.255 e. The zero-order valence-electron chi connectivity index (χ0n) is 13.3. The molecule has 0 bridgehead atoms. The van der Waals surface area contributed by atoms with Crippen molar-refractivity contribution in [1.82, 2.24) is 9.13 Å². The second kappa shape index (κ2) is 5.23. The minimum absolute atomic E-state index is 0.0685. The van der Waals surface area contributed by atoms with Gasteiger partial charge >= 0.3 is 0 Å². The van der Waals surface area contributed by atoms with Crippen molar-refractivity contribution in [2.45, 2.75) is 12.8 Å². The minimum Gasteiger partial charge on any atom is -0.366 e. The number of fused-ring (bicyclic) bond motifs is 3. The summed E-state index contributed by atoms with van der Waals surface area (Å²) in [6.07, 6.45) is 4.70. The Bertz CT molecular complexity index is 1110. The molecule has 0 unspecified atom stereocenters. The highest BCUT2D eigenvalue weighted by atomic mass is 16.1. The van der Waals surface area contributed by atoms with Crippen molar-refractivity contribution in [3.05, 3.63) is 64.5 Å². The van der Waals surface area contributed by atoms with Gasteiger partial charge in [0.1, 0.15) is 0 Å². The van der Waals surface area contributed by atoms with Gasteiger partial charge in [-0.05, 0) is 31.1 Å². The number of carbonyl (C=O) groups is 1. The van der Waals surface area contributed by atoms with Crippen LogP contribution in [-0.2, 0) is 11.8 Å². The zero-order valence-corrected chi connectivity index (χ0v) is 13.3. The maximum Gasteiger partial charge on any atom is 0.255 e. The van der Waals surface area contributed by atoms with Crippen LogP contribution >= 0.6 is 0 Å². The number of rotatable bonds is 2. The van der Waals surface area contributed by atoms with E-state index in [1.807, 2.05) is 43.5 Å². The molecule has 0 atom stereocenters. The summed E-state index contributed by atoms with van der Waals surface area (Å²) in [5.41, 5.74) is 9.74. The fraction of sp³-hybridized carbons (Fsp3) is 0.158. The van der Waals surface area contributed by atoms with Gasteiger partial charge in [-0.15, -0.1) is 0 Å². The van der Waals surface area contributed by atoms with Gasteiger partial charge in [0.05, 0.1) is 16.6 Å². The van der Waals surface area contributed by atoms with E-state index in [-0.39, 0.29) is 5.56 Å². The molecule has 5 heteroatoms. The fourth-order valence-corrected chi connectivity index (χ4v) is 3.46. The van der Waals surface area contributed by atoms with Gasteiger partial charge in [0.2, 0.25) is 5.91 Å². The van der Waals surface area contributed by atoms with E-state index in [1.54, 1.807) is 16.7 Å². The van der Waals surface area contributed by atoms with Crippen LogP contribution in [0.5, 0.6) is 0 Å². The third kappa shape index (κ3) is 2.01. The number of allylic oxidation sites excluding steroid dienone is 3. The van der Waals surface area contributed by atoms with Crippen LogP contribution in [0, 0.1) is 0 Å². The Labute approximate surface area is 138 Å². The quantitative estimate of drug-likeness (QED) is 0.788. The van der Waals surface area contributed by atoms with Crippen LogP contribution in [0.15, 0.2) is 58.9 Å². The van der Waals surface area contributed by atoms with Crippen molar-refractivity contribution in [1.29, 1.82) is 0 Å². The lowest BCUT2D eigenvalue weighted by molar-refractivity contribution is -0.114. The summed E-state index contributed by atoms with van der Waals surface area (Å²) in [7, 11) is 2.00. The zero-order chi connectivity index (χ0) is 16.8. The number of primary amides is 1. The molecule has 1 aromatic carbocycles. The van der Waals surface area contributed by atoms with Crippen LogP contribution in [0.4, 0.5) is 0 Å². The molecule has 0 saturated carbocycles. The first-order valence-corrected chi connectivity index (χ1v) is 7.87. The Morgan fingerprint density at radius 2 is 1.83 bits per heavy atom. The monoisotopic (exact) mass is 319 g/mol. The van der Waals surface area contributed by atoms with E-state index in [1.165, 1.54) is 0 Å². The van der Waals surface area contributed by atoms with Crippen molar-refractivity contribution in [2.24, 2.45) is 12.8 Å². The lowest BCUT2D eigenvalue weighted by Gasteiger charge is -2.16. The highest BCUT2D eigenvalue weighted by molar-refractivity contribution is 6.07. The molecule has 3 aromatic rings. The number of nitrogens with two attached hydrogens (primary N) is 1. The number of aromatic nitrogens is 2. The molecule has 1 aliphatic carbocycles. The number of aryl methyl sites for hydroxylation is 1. The first-order chi connectivity index (χ1) is 11.6. The summed E-state index contributed by atoms with van der Waals surface area (Å²) in [5.74, 6) is -0.402. The lowest BCUT2D eigenvalue weighted by atomic mass is 10.0. The molecule has 0 fully saturated rings.